The first kappa shape index (κ1) is 9.44. The highest BCUT2D eigenvalue weighted by molar-refractivity contribution is 5.49. The number of nitrogen functional groups attached to an aromatic ring is 1. The largest absolute Gasteiger partial charge is 0.383 e. The Morgan fingerprint density at radius 2 is 2.31 bits per heavy atom. The molecule has 2 N–H and O–H groups in total. The molecule has 0 aliphatic rings. The number of aryl methyl sites for hydroxylation is 2. The number of hydrogen-bond acceptors (Lipinski definition) is 4. The summed E-state index contributed by atoms with van der Waals surface area (Å²) < 4.78 is 0. The van der Waals surface area contributed by atoms with Gasteiger partial charge in [-0.15, -0.1) is 0 Å². The van der Waals surface area contributed by atoms with Crippen LogP contribution in [0.25, 0.3) is 0 Å². The van der Waals surface area contributed by atoms with Crippen molar-refractivity contribution in [3.63, 3.8) is 0 Å². The molecule has 70 valence electrons. The van der Waals surface area contributed by atoms with Crippen molar-refractivity contribution in [1.82, 2.24) is 4.98 Å². The van der Waals surface area contributed by atoms with Gasteiger partial charge in [0, 0.05) is 11.6 Å². The number of nitrogens with two attached hydrogens (primary N) is 1. The Labute approximate surface area is 75.7 Å². The number of aromatic nitrogens is 1. The fourth-order valence-corrected chi connectivity index (χ4v) is 1.12. The molecule has 0 saturated carbocycles. The first-order valence-corrected chi connectivity index (χ1v) is 3.96. The number of pyridine rings is 1. The summed E-state index contributed by atoms with van der Waals surface area (Å²) in [5.74, 6) is 0.380. The molecule has 0 aliphatic carbocycles. The summed E-state index contributed by atoms with van der Waals surface area (Å²) in [6.45, 7) is 3.46. The first-order chi connectivity index (χ1) is 6.06. The summed E-state index contributed by atoms with van der Waals surface area (Å²) in [7, 11) is 0. The second-order valence-corrected chi connectivity index (χ2v) is 2.75. The van der Waals surface area contributed by atoms with Gasteiger partial charge in [0.2, 0.25) is 0 Å². The first-order valence-electron chi connectivity index (χ1n) is 3.96. The lowest BCUT2D eigenvalue weighted by molar-refractivity contribution is -0.385. The fourth-order valence-electron chi connectivity index (χ4n) is 1.12. The Balaban J connectivity index is 3.30. The van der Waals surface area contributed by atoms with Crippen molar-refractivity contribution in [2.75, 3.05) is 5.73 Å². The van der Waals surface area contributed by atoms with Gasteiger partial charge in [0.25, 0.3) is 5.69 Å². The van der Waals surface area contributed by atoms with E-state index in [-0.39, 0.29) is 5.69 Å². The maximum atomic E-state index is 10.5. The lowest BCUT2D eigenvalue weighted by Gasteiger charge is -2.03. The summed E-state index contributed by atoms with van der Waals surface area (Å²) in [5.41, 5.74) is 6.68. The van der Waals surface area contributed by atoms with Gasteiger partial charge in [-0.3, -0.25) is 10.1 Å². The zero-order chi connectivity index (χ0) is 10.0. The Bertz CT molecular complexity index is 349. The topological polar surface area (TPSA) is 82.0 Å². The third-order valence-corrected chi connectivity index (χ3v) is 1.88. The van der Waals surface area contributed by atoms with E-state index in [1.807, 2.05) is 6.92 Å². The molecule has 5 heteroatoms. The highest BCUT2D eigenvalue weighted by atomic mass is 16.6. The van der Waals surface area contributed by atoms with E-state index in [2.05, 4.69) is 4.98 Å². The molecule has 5 nitrogen and oxygen atoms in total. The SMILES string of the molecule is CCc1cc([N+](=O)[O-])c(C)nc1N. The van der Waals surface area contributed by atoms with Gasteiger partial charge in [0.15, 0.2) is 0 Å². The zero-order valence-corrected chi connectivity index (χ0v) is 7.57. The third kappa shape index (κ3) is 1.74. The number of hydrogen-bond donors (Lipinski definition) is 1. The molecule has 0 atom stereocenters. The molecule has 0 saturated heterocycles. The normalized spacial score (nSPS) is 10.0. The quantitative estimate of drug-likeness (QED) is 0.552. The number of anilines is 1. The molecule has 1 aromatic rings. The molecule has 0 aliphatic heterocycles. The average molecular weight is 181 g/mol. The summed E-state index contributed by atoms with van der Waals surface area (Å²) >= 11 is 0. The summed E-state index contributed by atoms with van der Waals surface area (Å²) in [6, 6.07) is 1.48. The van der Waals surface area contributed by atoms with Crippen molar-refractivity contribution in [3.05, 3.63) is 27.4 Å². The molecule has 0 fully saturated rings. The molecule has 0 amide bonds. The Morgan fingerprint density at radius 1 is 1.69 bits per heavy atom. The van der Waals surface area contributed by atoms with E-state index in [9.17, 15) is 10.1 Å². The molecule has 1 heterocycles. The maximum absolute atomic E-state index is 10.5. The zero-order valence-electron chi connectivity index (χ0n) is 7.57. The van der Waals surface area contributed by atoms with Gasteiger partial charge < -0.3 is 5.73 Å². The predicted molar refractivity (Wildman–Crippen MR) is 49.4 cm³/mol. The van der Waals surface area contributed by atoms with Crippen molar-refractivity contribution in [2.24, 2.45) is 0 Å². The Kier molecular flexibility index (Phi) is 2.46. The second-order valence-electron chi connectivity index (χ2n) is 2.75. The highest BCUT2D eigenvalue weighted by Gasteiger charge is 2.14. The van der Waals surface area contributed by atoms with Crippen LogP contribution in [0.3, 0.4) is 0 Å². The van der Waals surface area contributed by atoms with Crippen molar-refractivity contribution in [3.8, 4) is 0 Å². The molecule has 1 rings (SSSR count). The van der Waals surface area contributed by atoms with Crippen LogP contribution in [-0.2, 0) is 6.42 Å². The van der Waals surface area contributed by atoms with Gasteiger partial charge in [-0.25, -0.2) is 4.98 Å². The van der Waals surface area contributed by atoms with Gasteiger partial charge in [0.1, 0.15) is 11.5 Å². The van der Waals surface area contributed by atoms with E-state index in [0.29, 0.717) is 17.9 Å². The molecule has 1 aromatic heterocycles. The lowest BCUT2D eigenvalue weighted by atomic mass is 10.1. The van der Waals surface area contributed by atoms with Gasteiger partial charge in [-0.2, -0.15) is 0 Å². The third-order valence-electron chi connectivity index (χ3n) is 1.88. The molecule has 0 spiro atoms. The van der Waals surface area contributed by atoms with Gasteiger partial charge in [-0.05, 0) is 13.3 Å². The van der Waals surface area contributed by atoms with Crippen molar-refractivity contribution >= 4 is 11.5 Å². The van der Waals surface area contributed by atoms with E-state index in [1.165, 1.54) is 6.07 Å². The van der Waals surface area contributed by atoms with Crippen molar-refractivity contribution in [1.29, 1.82) is 0 Å². The van der Waals surface area contributed by atoms with E-state index in [1.54, 1.807) is 6.92 Å². The van der Waals surface area contributed by atoms with Crippen LogP contribution in [-0.4, -0.2) is 9.91 Å². The average Bonchev–Trinajstić information content (AvgIpc) is 2.03. The molecular weight excluding hydrogens is 170 g/mol. The van der Waals surface area contributed by atoms with Crippen molar-refractivity contribution in [2.45, 2.75) is 20.3 Å². The molecule has 0 radical (unpaired) electrons. The van der Waals surface area contributed by atoms with Gasteiger partial charge in [0.05, 0.1) is 4.92 Å². The minimum atomic E-state index is -0.444. The van der Waals surface area contributed by atoms with E-state index in [4.69, 9.17) is 5.73 Å². The molecule has 0 aromatic carbocycles. The van der Waals surface area contributed by atoms with Crippen molar-refractivity contribution < 1.29 is 4.92 Å². The van der Waals surface area contributed by atoms with Crippen LogP contribution in [0.4, 0.5) is 11.5 Å². The highest BCUT2D eigenvalue weighted by Crippen LogP contribution is 2.21. The molecule has 0 unspecified atom stereocenters. The standard InChI is InChI=1S/C8H11N3O2/c1-3-6-4-7(11(12)13)5(2)10-8(6)9/h4H,3H2,1-2H3,(H2,9,10). The van der Waals surface area contributed by atoms with Crippen LogP contribution in [0.2, 0.25) is 0 Å². The van der Waals surface area contributed by atoms with Gasteiger partial charge >= 0.3 is 0 Å². The lowest BCUT2D eigenvalue weighted by Crippen LogP contribution is -2.02. The van der Waals surface area contributed by atoms with Crippen LogP contribution in [0.1, 0.15) is 18.2 Å². The minimum absolute atomic E-state index is 0.0334. The van der Waals surface area contributed by atoms with Crippen LogP contribution in [0, 0.1) is 17.0 Å². The second kappa shape index (κ2) is 3.38. The number of nitrogens with zero attached hydrogens (tertiary/aromatic N) is 2. The smallest absolute Gasteiger partial charge is 0.290 e. The molecule has 13 heavy (non-hydrogen) atoms. The fraction of sp³-hybridized carbons (Fsp3) is 0.375. The minimum Gasteiger partial charge on any atom is -0.383 e. The summed E-state index contributed by atoms with van der Waals surface area (Å²) in [4.78, 5) is 14.0. The van der Waals surface area contributed by atoms with E-state index < -0.39 is 4.92 Å². The maximum Gasteiger partial charge on any atom is 0.290 e. The predicted octanol–water partition coefficient (Wildman–Crippen LogP) is 1.44. The van der Waals surface area contributed by atoms with Crippen LogP contribution >= 0.6 is 0 Å². The summed E-state index contributed by atoms with van der Waals surface area (Å²) in [6.07, 6.45) is 0.653. The van der Waals surface area contributed by atoms with Crippen LogP contribution in [0.15, 0.2) is 6.07 Å². The molecular formula is C8H11N3O2. The summed E-state index contributed by atoms with van der Waals surface area (Å²) in [5, 5.41) is 10.5. The van der Waals surface area contributed by atoms with Crippen LogP contribution < -0.4 is 5.73 Å². The van der Waals surface area contributed by atoms with Crippen LogP contribution in [0.5, 0.6) is 0 Å². The van der Waals surface area contributed by atoms with E-state index in [0.717, 1.165) is 5.56 Å². The Morgan fingerprint density at radius 3 is 2.77 bits per heavy atom. The number of rotatable bonds is 2. The van der Waals surface area contributed by atoms with Gasteiger partial charge in [-0.1, -0.05) is 6.92 Å². The number of nitro groups is 1. The Hall–Kier alpha value is -1.65. The molecule has 0 bridgehead atoms. The van der Waals surface area contributed by atoms with E-state index >= 15 is 0 Å². The monoisotopic (exact) mass is 181 g/mol.